The predicted molar refractivity (Wildman–Crippen MR) is 52.7 cm³/mol. The molecule has 0 aromatic carbocycles. The van der Waals surface area contributed by atoms with Gasteiger partial charge in [0, 0.05) is 11.8 Å². The smallest absolute Gasteiger partial charge is 0.174 e. The van der Waals surface area contributed by atoms with Crippen molar-refractivity contribution >= 4 is 28.4 Å². The number of nitroso groups, excluding NO2 is 1. The van der Waals surface area contributed by atoms with Gasteiger partial charge in [-0.3, -0.25) is 4.79 Å². The van der Waals surface area contributed by atoms with Crippen molar-refractivity contribution < 1.29 is 4.79 Å². The van der Waals surface area contributed by atoms with Crippen LogP contribution < -0.4 is 0 Å². The second kappa shape index (κ2) is 2.90. The molecule has 2 unspecified atom stereocenters. The van der Waals surface area contributed by atoms with Gasteiger partial charge in [0.1, 0.15) is 5.70 Å². The maximum atomic E-state index is 11.5. The SMILES string of the molecule is O=NC1=C(I)C(=O)C2CCC1C2. The lowest BCUT2D eigenvalue weighted by Gasteiger charge is -2.16. The molecule has 3 nitrogen and oxygen atoms in total. The van der Waals surface area contributed by atoms with Gasteiger partial charge in [-0.25, -0.2) is 0 Å². The standard InChI is InChI=1S/C8H8INO2/c9-6-7(10-12)4-1-2-5(3-4)8(6)11/h4-5H,1-3H2. The highest BCUT2D eigenvalue weighted by Gasteiger charge is 2.40. The lowest BCUT2D eigenvalue weighted by atomic mass is 9.92. The van der Waals surface area contributed by atoms with Gasteiger partial charge in [-0.1, -0.05) is 0 Å². The summed E-state index contributed by atoms with van der Waals surface area (Å²) in [7, 11) is 0. The first-order chi connectivity index (χ1) is 5.74. The first-order valence-corrected chi connectivity index (χ1v) is 5.09. The van der Waals surface area contributed by atoms with Crippen LogP contribution in [-0.2, 0) is 4.79 Å². The van der Waals surface area contributed by atoms with Crippen molar-refractivity contribution in [1.82, 2.24) is 0 Å². The molecule has 4 heteroatoms. The van der Waals surface area contributed by atoms with Crippen LogP contribution in [0, 0.1) is 16.7 Å². The summed E-state index contributed by atoms with van der Waals surface area (Å²) in [5.74, 6) is 0.600. The maximum absolute atomic E-state index is 11.5. The van der Waals surface area contributed by atoms with Crippen LogP contribution in [0.5, 0.6) is 0 Å². The van der Waals surface area contributed by atoms with E-state index in [0.717, 1.165) is 19.3 Å². The Labute approximate surface area is 83.7 Å². The van der Waals surface area contributed by atoms with Gasteiger partial charge in [-0.2, -0.15) is 0 Å². The average molecular weight is 277 g/mol. The zero-order chi connectivity index (χ0) is 8.72. The van der Waals surface area contributed by atoms with Gasteiger partial charge in [0.25, 0.3) is 0 Å². The van der Waals surface area contributed by atoms with E-state index in [1.54, 1.807) is 0 Å². The van der Waals surface area contributed by atoms with Crippen LogP contribution in [0.25, 0.3) is 0 Å². The van der Waals surface area contributed by atoms with E-state index in [0.29, 0.717) is 9.28 Å². The minimum atomic E-state index is 0.138. The number of hydrogen-bond donors (Lipinski definition) is 0. The summed E-state index contributed by atoms with van der Waals surface area (Å²) < 4.78 is 0.585. The molecule has 0 aromatic heterocycles. The molecule has 0 aromatic rings. The third-order valence-electron chi connectivity index (χ3n) is 2.73. The number of nitrogens with zero attached hydrogens (tertiary/aromatic N) is 1. The third-order valence-corrected chi connectivity index (χ3v) is 3.81. The van der Waals surface area contributed by atoms with Gasteiger partial charge in [0.2, 0.25) is 0 Å². The predicted octanol–water partition coefficient (Wildman–Crippen LogP) is 2.40. The van der Waals surface area contributed by atoms with Crippen molar-refractivity contribution in [2.75, 3.05) is 0 Å². The van der Waals surface area contributed by atoms with Crippen LogP contribution in [-0.4, -0.2) is 5.78 Å². The number of halogens is 1. The molecule has 2 aliphatic rings. The summed E-state index contributed by atoms with van der Waals surface area (Å²) in [6.45, 7) is 0. The highest BCUT2D eigenvalue weighted by atomic mass is 127. The summed E-state index contributed by atoms with van der Waals surface area (Å²) in [5.41, 5.74) is 0.509. The molecule has 1 saturated carbocycles. The number of Topliss-reactive ketones (excluding diaryl/α,β-unsaturated/α-hetero) is 1. The Morgan fingerprint density at radius 2 is 2.00 bits per heavy atom. The van der Waals surface area contributed by atoms with Crippen LogP contribution in [0.15, 0.2) is 14.5 Å². The Kier molecular flexibility index (Phi) is 2.02. The summed E-state index contributed by atoms with van der Waals surface area (Å²) in [6.07, 6.45) is 2.76. The minimum absolute atomic E-state index is 0.138. The minimum Gasteiger partial charge on any atom is -0.293 e. The quantitative estimate of drug-likeness (QED) is 0.545. The van der Waals surface area contributed by atoms with Crippen molar-refractivity contribution in [3.8, 4) is 0 Å². The molecule has 64 valence electrons. The first kappa shape index (κ1) is 8.34. The van der Waals surface area contributed by atoms with Crippen molar-refractivity contribution in [3.63, 3.8) is 0 Å². The lowest BCUT2D eigenvalue weighted by Crippen LogP contribution is -2.18. The number of carbonyl (C=O) groups excluding carboxylic acids is 1. The number of fused-ring (bicyclic) bond motifs is 2. The van der Waals surface area contributed by atoms with E-state index >= 15 is 0 Å². The Bertz CT molecular complexity index is 285. The summed E-state index contributed by atoms with van der Waals surface area (Å²) in [5, 5.41) is 2.96. The van der Waals surface area contributed by atoms with Crippen LogP contribution in [0.2, 0.25) is 0 Å². The number of rotatable bonds is 1. The van der Waals surface area contributed by atoms with Crippen molar-refractivity contribution in [2.45, 2.75) is 19.3 Å². The summed E-state index contributed by atoms with van der Waals surface area (Å²) >= 11 is 1.95. The molecule has 0 saturated heterocycles. The van der Waals surface area contributed by atoms with Gasteiger partial charge in [-0.15, -0.1) is 4.91 Å². The fourth-order valence-electron chi connectivity index (χ4n) is 2.07. The zero-order valence-electron chi connectivity index (χ0n) is 6.42. The molecule has 0 N–H and O–H groups in total. The van der Waals surface area contributed by atoms with Crippen molar-refractivity contribution in [1.29, 1.82) is 0 Å². The number of hydrogen-bond acceptors (Lipinski definition) is 3. The number of allylic oxidation sites excluding steroid dienone is 2. The fourth-order valence-corrected chi connectivity index (χ4v) is 3.05. The molecule has 0 spiro atoms. The van der Waals surface area contributed by atoms with Gasteiger partial charge >= 0.3 is 0 Å². The third kappa shape index (κ3) is 1.04. The highest BCUT2D eigenvalue weighted by Crippen LogP contribution is 2.45. The fraction of sp³-hybridized carbons (Fsp3) is 0.625. The average Bonchev–Trinajstić information content (AvgIpc) is 2.49. The lowest BCUT2D eigenvalue weighted by molar-refractivity contribution is -0.118. The molecule has 0 amide bonds. The van der Waals surface area contributed by atoms with Gasteiger partial charge in [0.15, 0.2) is 5.78 Å². The molecule has 0 aliphatic heterocycles. The van der Waals surface area contributed by atoms with Crippen LogP contribution in [0.3, 0.4) is 0 Å². The van der Waals surface area contributed by atoms with E-state index in [1.807, 2.05) is 22.6 Å². The Morgan fingerprint density at radius 1 is 1.33 bits per heavy atom. The Balaban J connectivity index is 2.45. The van der Waals surface area contributed by atoms with E-state index in [-0.39, 0.29) is 17.6 Å². The van der Waals surface area contributed by atoms with Gasteiger partial charge < -0.3 is 0 Å². The largest absolute Gasteiger partial charge is 0.293 e. The first-order valence-electron chi connectivity index (χ1n) is 4.01. The zero-order valence-corrected chi connectivity index (χ0v) is 8.58. The molecular formula is C8H8INO2. The van der Waals surface area contributed by atoms with Crippen LogP contribution in [0.4, 0.5) is 0 Å². The molecule has 1 fully saturated rings. The van der Waals surface area contributed by atoms with Crippen LogP contribution >= 0.6 is 22.6 Å². The molecule has 0 radical (unpaired) electrons. The molecule has 12 heavy (non-hydrogen) atoms. The van der Waals surface area contributed by atoms with E-state index in [2.05, 4.69) is 5.18 Å². The molecule has 2 bridgehead atoms. The van der Waals surface area contributed by atoms with E-state index in [9.17, 15) is 9.70 Å². The van der Waals surface area contributed by atoms with Gasteiger partial charge in [0.05, 0.1) is 3.58 Å². The summed E-state index contributed by atoms with van der Waals surface area (Å²) in [4.78, 5) is 21.9. The molecule has 2 atom stereocenters. The highest BCUT2D eigenvalue weighted by molar-refractivity contribution is 14.1. The van der Waals surface area contributed by atoms with E-state index in [1.165, 1.54) is 0 Å². The van der Waals surface area contributed by atoms with E-state index < -0.39 is 0 Å². The second-order valence-corrected chi connectivity index (χ2v) is 4.44. The molecular weight excluding hydrogens is 269 g/mol. The summed E-state index contributed by atoms with van der Waals surface area (Å²) in [6, 6.07) is 0. The number of ketones is 1. The molecule has 2 rings (SSSR count). The van der Waals surface area contributed by atoms with E-state index in [4.69, 9.17) is 0 Å². The molecule has 0 heterocycles. The van der Waals surface area contributed by atoms with Gasteiger partial charge in [-0.05, 0) is 47.0 Å². The maximum Gasteiger partial charge on any atom is 0.174 e. The number of carbonyl (C=O) groups is 1. The topological polar surface area (TPSA) is 46.5 Å². The normalized spacial score (nSPS) is 34.2. The van der Waals surface area contributed by atoms with Crippen molar-refractivity contribution in [2.24, 2.45) is 17.0 Å². The molecule has 2 aliphatic carbocycles. The monoisotopic (exact) mass is 277 g/mol. The Hall–Kier alpha value is -0.260. The van der Waals surface area contributed by atoms with Crippen molar-refractivity contribution in [3.05, 3.63) is 14.2 Å². The van der Waals surface area contributed by atoms with Crippen LogP contribution in [0.1, 0.15) is 19.3 Å². The second-order valence-electron chi connectivity index (χ2n) is 3.36. The Morgan fingerprint density at radius 3 is 2.67 bits per heavy atom.